The molecule has 4 rings (SSSR count). The van der Waals surface area contributed by atoms with Gasteiger partial charge < -0.3 is 14.3 Å². The molecule has 0 aliphatic carbocycles. The Bertz CT molecular complexity index is 779. The molecule has 6 nitrogen and oxygen atoms in total. The van der Waals surface area contributed by atoms with E-state index >= 15 is 0 Å². The summed E-state index contributed by atoms with van der Waals surface area (Å²) in [5.41, 5.74) is 3.79. The second-order valence-corrected chi connectivity index (χ2v) is 6.43. The lowest BCUT2D eigenvalue weighted by Crippen LogP contribution is -2.30. The summed E-state index contributed by atoms with van der Waals surface area (Å²) in [6.45, 7) is 4.61. The third-order valence-electron chi connectivity index (χ3n) is 4.57. The van der Waals surface area contributed by atoms with Gasteiger partial charge in [0.15, 0.2) is 0 Å². The lowest BCUT2D eigenvalue weighted by Gasteiger charge is -2.26. The minimum atomic E-state index is 0.715. The Labute approximate surface area is 147 Å². The van der Waals surface area contributed by atoms with Crippen molar-refractivity contribution >= 4 is 0 Å². The first kappa shape index (κ1) is 15.9. The number of ether oxygens (including phenoxy) is 1. The highest BCUT2D eigenvalue weighted by Gasteiger charge is 2.18. The molecule has 0 bridgehead atoms. The van der Waals surface area contributed by atoms with Crippen molar-refractivity contribution < 1.29 is 4.74 Å². The van der Waals surface area contributed by atoms with Crippen LogP contribution in [-0.4, -0.2) is 37.6 Å². The molecule has 130 valence electrons. The van der Waals surface area contributed by atoms with Crippen molar-refractivity contribution in [2.75, 3.05) is 13.2 Å². The van der Waals surface area contributed by atoms with Crippen LogP contribution in [0.5, 0.6) is 5.75 Å². The van der Waals surface area contributed by atoms with Gasteiger partial charge in [-0.2, -0.15) is 0 Å². The zero-order valence-corrected chi connectivity index (χ0v) is 14.3. The predicted molar refractivity (Wildman–Crippen MR) is 95.2 cm³/mol. The highest BCUT2D eigenvalue weighted by atomic mass is 16.5. The summed E-state index contributed by atoms with van der Waals surface area (Å²) in [6, 6.07) is 8.46. The van der Waals surface area contributed by atoms with Crippen LogP contribution in [0.1, 0.15) is 23.4 Å². The van der Waals surface area contributed by atoms with Crippen LogP contribution in [0.25, 0.3) is 0 Å². The van der Waals surface area contributed by atoms with Crippen molar-refractivity contribution in [3.05, 3.63) is 66.3 Å². The van der Waals surface area contributed by atoms with Gasteiger partial charge in [0.05, 0.1) is 30.6 Å². The average Bonchev–Trinajstić information content (AvgIpc) is 3.31. The fourth-order valence-electron chi connectivity index (χ4n) is 3.21. The zero-order valence-electron chi connectivity index (χ0n) is 14.3. The SMILES string of the molecule is c1cn(CCCOc2ccc(CN3CCc4nc[nH]c4C3)cc2)cn1. The van der Waals surface area contributed by atoms with Gasteiger partial charge >= 0.3 is 0 Å². The fourth-order valence-corrected chi connectivity index (χ4v) is 3.21. The van der Waals surface area contributed by atoms with E-state index in [0.717, 1.165) is 44.8 Å². The summed E-state index contributed by atoms with van der Waals surface area (Å²) < 4.78 is 7.89. The maximum atomic E-state index is 5.82. The lowest BCUT2D eigenvalue weighted by molar-refractivity contribution is 0.241. The van der Waals surface area contributed by atoms with Crippen molar-refractivity contribution in [2.24, 2.45) is 0 Å². The number of benzene rings is 1. The number of hydrogen-bond acceptors (Lipinski definition) is 4. The van der Waals surface area contributed by atoms with Gasteiger partial charge in [-0.15, -0.1) is 0 Å². The molecular weight excluding hydrogens is 314 g/mol. The second kappa shape index (κ2) is 7.53. The molecule has 0 unspecified atom stereocenters. The molecule has 25 heavy (non-hydrogen) atoms. The number of fused-ring (bicyclic) bond motifs is 1. The number of aryl methyl sites for hydroxylation is 1. The number of hydrogen-bond donors (Lipinski definition) is 1. The summed E-state index contributed by atoms with van der Waals surface area (Å²) in [4.78, 5) is 14.1. The molecule has 0 amide bonds. The summed E-state index contributed by atoms with van der Waals surface area (Å²) in [6.07, 6.45) is 9.40. The third-order valence-corrected chi connectivity index (χ3v) is 4.57. The third kappa shape index (κ3) is 4.09. The molecule has 2 aromatic heterocycles. The number of nitrogens with one attached hydrogen (secondary N) is 1. The molecule has 3 heterocycles. The summed E-state index contributed by atoms with van der Waals surface area (Å²) >= 11 is 0. The van der Waals surface area contributed by atoms with Crippen LogP contribution in [0.15, 0.2) is 49.3 Å². The second-order valence-electron chi connectivity index (χ2n) is 6.43. The van der Waals surface area contributed by atoms with Crippen LogP contribution in [0, 0.1) is 0 Å². The number of aromatic nitrogens is 4. The van der Waals surface area contributed by atoms with Gasteiger partial charge in [0.1, 0.15) is 5.75 Å². The van der Waals surface area contributed by atoms with E-state index in [9.17, 15) is 0 Å². The first-order valence-electron chi connectivity index (χ1n) is 8.78. The zero-order chi connectivity index (χ0) is 16.9. The average molecular weight is 337 g/mol. The molecule has 0 saturated carbocycles. The standard InChI is InChI=1S/C19H23N5O/c1(8-23-10-7-20-15-23)11-25-17-4-2-16(3-5-17)12-24-9-6-18-19(13-24)22-14-21-18/h2-5,7,10,14-15H,1,6,8-9,11-13H2,(H,21,22). The normalized spacial score (nSPS) is 14.4. The van der Waals surface area contributed by atoms with Crippen LogP contribution in [-0.2, 0) is 26.1 Å². The Balaban J connectivity index is 1.23. The molecule has 6 heteroatoms. The summed E-state index contributed by atoms with van der Waals surface area (Å²) in [5.74, 6) is 0.934. The van der Waals surface area contributed by atoms with E-state index in [1.54, 1.807) is 12.5 Å². The van der Waals surface area contributed by atoms with Gasteiger partial charge in [-0.25, -0.2) is 9.97 Å². The number of H-pyrrole nitrogens is 1. The lowest BCUT2D eigenvalue weighted by atomic mass is 10.1. The molecule has 0 saturated heterocycles. The van der Waals surface area contributed by atoms with Crippen molar-refractivity contribution in [1.82, 2.24) is 24.4 Å². The molecular formula is C19H23N5O. The molecule has 0 radical (unpaired) electrons. The summed E-state index contributed by atoms with van der Waals surface area (Å²) in [5, 5.41) is 0. The van der Waals surface area contributed by atoms with Crippen molar-refractivity contribution in [3.8, 4) is 5.75 Å². The topological polar surface area (TPSA) is 59.0 Å². The van der Waals surface area contributed by atoms with Gasteiger partial charge in [0, 0.05) is 45.0 Å². The van der Waals surface area contributed by atoms with Crippen LogP contribution < -0.4 is 4.74 Å². The van der Waals surface area contributed by atoms with E-state index < -0.39 is 0 Å². The van der Waals surface area contributed by atoms with Crippen molar-refractivity contribution in [3.63, 3.8) is 0 Å². The van der Waals surface area contributed by atoms with E-state index in [1.165, 1.54) is 17.0 Å². The quantitative estimate of drug-likeness (QED) is 0.673. The Morgan fingerprint density at radius 3 is 2.96 bits per heavy atom. The fraction of sp³-hybridized carbons (Fsp3) is 0.368. The van der Waals surface area contributed by atoms with Gasteiger partial charge in [0.2, 0.25) is 0 Å². The Hall–Kier alpha value is -2.60. The molecule has 1 aromatic carbocycles. The van der Waals surface area contributed by atoms with Crippen molar-refractivity contribution in [1.29, 1.82) is 0 Å². The molecule has 1 aliphatic rings. The minimum absolute atomic E-state index is 0.715. The number of aromatic amines is 1. The number of nitrogens with zero attached hydrogens (tertiary/aromatic N) is 4. The number of imidazole rings is 2. The van der Waals surface area contributed by atoms with E-state index in [-0.39, 0.29) is 0 Å². The van der Waals surface area contributed by atoms with Gasteiger partial charge in [-0.3, -0.25) is 4.90 Å². The van der Waals surface area contributed by atoms with E-state index in [0.29, 0.717) is 6.61 Å². The van der Waals surface area contributed by atoms with Gasteiger partial charge in [0.25, 0.3) is 0 Å². The minimum Gasteiger partial charge on any atom is -0.494 e. The van der Waals surface area contributed by atoms with E-state index in [1.807, 2.05) is 12.5 Å². The van der Waals surface area contributed by atoms with Gasteiger partial charge in [-0.1, -0.05) is 12.1 Å². The Morgan fingerprint density at radius 1 is 1.20 bits per heavy atom. The highest BCUT2D eigenvalue weighted by Crippen LogP contribution is 2.19. The van der Waals surface area contributed by atoms with E-state index in [4.69, 9.17) is 4.74 Å². The Morgan fingerprint density at radius 2 is 2.12 bits per heavy atom. The largest absolute Gasteiger partial charge is 0.494 e. The summed E-state index contributed by atoms with van der Waals surface area (Å²) in [7, 11) is 0. The van der Waals surface area contributed by atoms with Crippen molar-refractivity contribution in [2.45, 2.75) is 32.5 Å². The molecule has 1 aliphatic heterocycles. The predicted octanol–water partition coefficient (Wildman–Crippen LogP) is 2.63. The monoisotopic (exact) mass is 337 g/mol. The molecule has 0 atom stereocenters. The van der Waals surface area contributed by atoms with Crippen LogP contribution in [0.2, 0.25) is 0 Å². The van der Waals surface area contributed by atoms with Crippen LogP contribution >= 0.6 is 0 Å². The maximum absolute atomic E-state index is 5.82. The first-order chi connectivity index (χ1) is 12.4. The molecule has 0 spiro atoms. The van der Waals surface area contributed by atoms with Crippen LogP contribution in [0.4, 0.5) is 0 Å². The first-order valence-corrected chi connectivity index (χ1v) is 8.78. The molecule has 1 N–H and O–H groups in total. The number of rotatable bonds is 7. The molecule has 3 aromatic rings. The Kier molecular flexibility index (Phi) is 4.79. The maximum Gasteiger partial charge on any atom is 0.119 e. The van der Waals surface area contributed by atoms with Gasteiger partial charge in [-0.05, 0) is 24.1 Å². The van der Waals surface area contributed by atoms with Crippen LogP contribution in [0.3, 0.4) is 0 Å². The smallest absolute Gasteiger partial charge is 0.119 e. The molecule has 0 fully saturated rings. The van der Waals surface area contributed by atoms with E-state index in [2.05, 4.69) is 48.7 Å². The highest BCUT2D eigenvalue weighted by molar-refractivity contribution is 5.27.